The lowest BCUT2D eigenvalue weighted by Gasteiger charge is -2.18. The number of esters is 3. The van der Waals surface area contributed by atoms with Crippen LogP contribution in [0.2, 0.25) is 0 Å². The van der Waals surface area contributed by atoms with Gasteiger partial charge in [-0.05, 0) is 103 Å². The molecule has 6 nitrogen and oxygen atoms in total. The monoisotopic (exact) mass is 939 g/mol. The summed E-state index contributed by atoms with van der Waals surface area (Å²) in [6.45, 7) is 6.61. The van der Waals surface area contributed by atoms with Crippen LogP contribution >= 0.6 is 0 Å². The van der Waals surface area contributed by atoms with Gasteiger partial charge in [-0.1, -0.05) is 230 Å². The Morgan fingerprint density at radius 2 is 0.537 bits per heavy atom. The van der Waals surface area contributed by atoms with E-state index in [1.54, 1.807) is 0 Å². The molecule has 0 aromatic rings. The number of hydrogen-bond acceptors (Lipinski definition) is 6. The molecule has 67 heavy (non-hydrogen) atoms. The average molecular weight is 940 g/mol. The zero-order valence-corrected chi connectivity index (χ0v) is 44.7. The first-order chi connectivity index (χ1) is 33.0. The highest BCUT2D eigenvalue weighted by atomic mass is 16.6. The lowest BCUT2D eigenvalue weighted by Crippen LogP contribution is -2.30. The summed E-state index contributed by atoms with van der Waals surface area (Å²) >= 11 is 0. The number of unbranched alkanes of at least 4 members (excludes halogenated alkanes) is 34. The minimum Gasteiger partial charge on any atom is -0.462 e. The number of hydrogen-bond donors (Lipinski definition) is 0. The highest BCUT2D eigenvalue weighted by molar-refractivity contribution is 5.71. The maximum atomic E-state index is 12.8. The number of carbonyl (C=O) groups excluding carboxylic acids is 3. The van der Waals surface area contributed by atoms with Gasteiger partial charge in [-0.2, -0.15) is 0 Å². The molecule has 390 valence electrons. The Morgan fingerprint density at radius 1 is 0.299 bits per heavy atom. The third-order valence-corrected chi connectivity index (χ3v) is 12.8. The summed E-state index contributed by atoms with van der Waals surface area (Å²) < 4.78 is 16.9. The lowest BCUT2D eigenvalue weighted by molar-refractivity contribution is -0.167. The largest absolute Gasteiger partial charge is 0.462 e. The molecular weight excluding hydrogens is 829 g/mol. The Morgan fingerprint density at radius 3 is 0.866 bits per heavy atom. The Bertz CT molecular complexity index is 1170. The van der Waals surface area contributed by atoms with Crippen molar-refractivity contribution in [3.05, 3.63) is 48.6 Å². The molecule has 0 aliphatic heterocycles. The van der Waals surface area contributed by atoms with Crippen molar-refractivity contribution in [1.29, 1.82) is 0 Å². The van der Waals surface area contributed by atoms with Gasteiger partial charge >= 0.3 is 17.9 Å². The van der Waals surface area contributed by atoms with Crippen LogP contribution in [0.5, 0.6) is 0 Å². The van der Waals surface area contributed by atoms with Gasteiger partial charge in [0.15, 0.2) is 6.10 Å². The summed E-state index contributed by atoms with van der Waals surface area (Å²) in [7, 11) is 0. The number of allylic oxidation sites excluding steroid dienone is 8. The van der Waals surface area contributed by atoms with Gasteiger partial charge in [-0.3, -0.25) is 14.4 Å². The van der Waals surface area contributed by atoms with Crippen LogP contribution in [0, 0.1) is 0 Å². The molecule has 0 aromatic carbocycles. The zero-order chi connectivity index (χ0) is 48.6. The molecule has 0 heterocycles. The molecule has 0 fully saturated rings. The van der Waals surface area contributed by atoms with E-state index in [2.05, 4.69) is 69.4 Å². The fourth-order valence-electron chi connectivity index (χ4n) is 8.35. The van der Waals surface area contributed by atoms with Gasteiger partial charge in [0.1, 0.15) is 13.2 Å². The summed E-state index contributed by atoms with van der Waals surface area (Å²) in [6, 6.07) is 0. The summed E-state index contributed by atoms with van der Waals surface area (Å²) in [4.78, 5) is 38.1. The van der Waals surface area contributed by atoms with Gasteiger partial charge in [-0.25, -0.2) is 0 Å². The fraction of sp³-hybridized carbons (Fsp3) is 0.820. The van der Waals surface area contributed by atoms with Gasteiger partial charge in [0.25, 0.3) is 0 Å². The molecule has 0 radical (unpaired) electrons. The minimum atomic E-state index is -0.784. The molecule has 6 heteroatoms. The van der Waals surface area contributed by atoms with Crippen LogP contribution in [0.25, 0.3) is 0 Å². The lowest BCUT2D eigenvalue weighted by atomic mass is 10.1. The molecule has 1 unspecified atom stereocenters. The Hall–Kier alpha value is -2.63. The highest BCUT2D eigenvalue weighted by Gasteiger charge is 2.19. The van der Waals surface area contributed by atoms with Crippen molar-refractivity contribution in [3.8, 4) is 0 Å². The number of ether oxygens (including phenoxy) is 3. The van der Waals surface area contributed by atoms with Crippen LogP contribution in [0.4, 0.5) is 0 Å². The number of carbonyl (C=O) groups is 3. The second-order valence-corrected chi connectivity index (χ2v) is 19.5. The van der Waals surface area contributed by atoms with Gasteiger partial charge in [-0.15, -0.1) is 0 Å². The van der Waals surface area contributed by atoms with Crippen LogP contribution in [0.1, 0.15) is 303 Å². The summed E-state index contributed by atoms with van der Waals surface area (Å²) in [6.07, 6.45) is 68.1. The molecule has 0 saturated carbocycles. The van der Waals surface area contributed by atoms with Gasteiger partial charge < -0.3 is 14.2 Å². The molecule has 0 N–H and O–H groups in total. The SMILES string of the molecule is CCCCC/C=C\C/C=C\CCCCCCCC(=O)OC(COC(=O)CCCCCCC/C=C\CCCCCCCC)COC(=O)CCCCCCCCCCC/C=C\CCCCCCCC. The van der Waals surface area contributed by atoms with E-state index in [9.17, 15) is 14.4 Å². The fourth-order valence-corrected chi connectivity index (χ4v) is 8.35. The topological polar surface area (TPSA) is 78.9 Å². The van der Waals surface area contributed by atoms with E-state index in [1.807, 2.05) is 0 Å². The average Bonchev–Trinajstić information content (AvgIpc) is 3.33. The summed E-state index contributed by atoms with van der Waals surface area (Å²) in [5, 5.41) is 0. The van der Waals surface area contributed by atoms with Crippen LogP contribution in [0.3, 0.4) is 0 Å². The quantitative estimate of drug-likeness (QED) is 0.0262. The van der Waals surface area contributed by atoms with Crippen LogP contribution in [-0.2, 0) is 28.6 Å². The Labute approximate surface area is 416 Å². The zero-order valence-electron chi connectivity index (χ0n) is 44.7. The van der Waals surface area contributed by atoms with E-state index in [0.29, 0.717) is 19.3 Å². The van der Waals surface area contributed by atoms with Gasteiger partial charge in [0.2, 0.25) is 0 Å². The second-order valence-electron chi connectivity index (χ2n) is 19.5. The molecule has 0 amide bonds. The van der Waals surface area contributed by atoms with E-state index in [-0.39, 0.29) is 31.1 Å². The van der Waals surface area contributed by atoms with E-state index in [4.69, 9.17) is 14.2 Å². The molecule has 0 spiro atoms. The van der Waals surface area contributed by atoms with E-state index < -0.39 is 6.10 Å². The Kier molecular flexibility index (Phi) is 53.8. The van der Waals surface area contributed by atoms with Crippen LogP contribution < -0.4 is 0 Å². The molecule has 0 bridgehead atoms. The third-order valence-electron chi connectivity index (χ3n) is 12.8. The second kappa shape index (κ2) is 56.0. The normalized spacial score (nSPS) is 12.3. The van der Waals surface area contributed by atoms with Gasteiger partial charge in [0.05, 0.1) is 0 Å². The molecule has 0 aliphatic carbocycles. The van der Waals surface area contributed by atoms with Crippen molar-refractivity contribution < 1.29 is 28.6 Å². The Balaban J connectivity index is 4.37. The summed E-state index contributed by atoms with van der Waals surface area (Å²) in [5.41, 5.74) is 0. The molecule has 1 atom stereocenters. The predicted molar refractivity (Wildman–Crippen MR) is 289 cm³/mol. The molecular formula is C61H110O6. The van der Waals surface area contributed by atoms with E-state index >= 15 is 0 Å². The molecule has 0 aliphatic rings. The van der Waals surface area contributed by atoms with Crippen LogP contribution in [0.15, 0.2) is 48.6 Å². The first kappa shape index (κ1) is 64.4. The standard InChI is InChI=1S/C61H110O6/c1-4-7-10-13-16-19-22-25-28-29-30-31-34-36-39-42-45-48-51-54-60(63)66-57-58(67-61(64)55-52-49-46-43-40-37-33-27-24-21-18-15-12-9-6-3)56-65-59(62)53-50-47-44-41-38-35-32-26-23-20-17-14-11-8-5-2/h18,21,25-28,32-33,58H,4-17,19-20,22-24,29-31,34-57H2,1-3H3/b21-18-,28-25-,32-26-,33-27-. The summed E-state index contributed by atoms with van der Waals surface area (Å²) in [5.74, 6) is -0.893. The van der Waals surface area contributed by atoms with E-state index in [1.165, 1.54) is 173 Å². The van der Waals surface area contributed by atoms with Crippen molar-refractivity contribution in [3.63, 3.8) is 0 Å². The minimum absolute atomic E-state index is 0.0810. The maximum Gasteiger partial charge on any atom is 0.306 e. The third kappa shape index (κ3) is 54.2. The molecule has 0 aromatic heterocycles. The predicted octanol–water partition coefficient (Wildman–Crippen LogP) is 19.4. The van der Waals surface area contributed by atoms with Crippen molar-refractivity contribution in [2.24, 2.45) is 0 Å². The first-order valence-corrected chi connectivity index (χ1v) is 29.1. The van der Waals surface area contributed by atoms with Crippen LogP contribution in [-0.4, -0.2) is 37.2 Å². The maximum absolute atomic E-state index is 12.8. The van der Waals surface area contributed by atoms with Gasteiger partial charge in [0, 0.05) is 19.3 Å². The van der Waals surface area contributed by atoms with E-state index in [0.717, 1.165) is 89.9 Å². The molecule has 0 saturated heterocycles. The molecule has 0 rings (SSSR count). The highest BCUT2D eigenvalue weighted by Crippen LogP contribution is 2.15. The first-order valence-electron chi connectivity index (χ1n) is 29.1. The smallest absolute Gasteiger partial charge is 0.306 e. The van der Waals surface area contributed by atoms with Crippen molar-refractivity contribution in [2.75, 3.05) is 13.2 Å². The van der Waals surface area contributed by atoms with Crippen molar-refractivity contribution >= 4 is 17.9 Å². The number of rotatable bonds is 53. The van der Waals surface area contributed by atoms with Crippen molar-refractivity contribution in [2.45, 2.75) is 309 Å². The van der Waals surface area contributed by atoms with Crippen molar-refractivity contribution in [1.82, 2.24) is 0 Å².